The summed E-state index contributed by atoms with van der Waals surface area (Å²) in [6.45, 7) is 0. The summed E-state index contributed by atoms with van der Waals surface area (Å²) in [4.78, 5) is 14.6. The molecule has 0 radical (unpaired) electrons. The van der Waals surface area contributed by atoms with Crippen LogP contribution in [0.2, 0.25) is 0 Å². The molecule has 0 N–H and O–H groups in total. The number of ether oxygens (including phenoxy) is 1. The van der Waals surface area contributed by atoms with Crippen molar-refractivity contribution in [2.24, 2.45) is 0 Å². The van der Waals surface area contributed by atoms with Crippen LogP contribution in [0.5, 0.6) is 11.5 Å². The lowest BCUT2D eigenvalue weighted by molar-refractivity contribution is -0.383. The first-order valence-electron chi connectivity index (χ1n) is 6.10. The zero-order valence-electron chi connectivity index (χ0n) is 10.7. The van der Waals surface area contributed by atoms with Crippen molar-refractivity contribution < 1.29 is 9.66 Å². The highest BCUT2D eigenvalue weighted by Crippen LogP contribution is 2.34. The average Bonchev–Trinajstić information content (AvgIpc) is 2.49. The molecule has 0 saturated carbocycles. The Hall–Kier alpha value is -2.22. The predicted molar refractivity (Wildman–Crippen MR) is 87.6 cm³/mol. The minimum atomic E-state index is -0.418. The quantitative estimate of drug-likeness (QED) is 0.373. The Morgan fingerprint density at radius 3 is 2.52 bits per heavy atom. The van der Waals surface area contributed by atoms with E-state index in [1.165, 1.54) is 12.3 Å². The molecule has 0 aliphatic rings. The minimum absolute atomic E-state index is 0.0214. The Morgan fingerprint density at radius 1 is 1.05 bits per heavy atom. The number of fused-ring (bicyclic) bond motifs is 1. The molecule has 0 fully saturated rings. The Kier molecular flexibility index (Phi) is 3.70. The summed E-state index contributed by atoms with van der Waals surface area (Å²) in [5.74, 6) is 1.25. The third-order valence-corrected chi connectivity index (χ3v) is 3.71. The summed E-state index contributed by atoms with van der Waals surface area (Å²) in [7, 11) is 0. The number of hydrogen-bond acceptors (Lipinski definition) is 4. The van der Waals surface area contributed by atoms with Gasteiger partial charge in [-0.3, -0.25) is 15.1 Å². The van der Waals surface area contributed by atoms with Gasteiger partial charge >= 0.3 is 0 Å². The molecule has 5 nitrogen and oxygen atoms in total. The number of nitrogens with zero attached hydrogens (tertiary/aromatic N) is 2. The number of aromatic nitrogens is 1. The third kappa shape index (κ3) is 2.80. The fourth-order valence-electron chi connectivity index (χ4n) is 2.03. The van der Waals surface area contributed by atoms with Crippen LogP contribution in [0.4, 0.5) is 5.69 Å². The van der Waals surface area contributed by atoms with Crippen molar-refractivity contribution in [2.75, 3.05) is 0 Å². The number of non-ortho nitro benzene ring substituents is 1. The van der Waals surface area contributed by atoms with Crippen LogP contribution in [-0.4, -0.2) is 9.91 Å². The van der Waals surface area contributed by atoms with Crippen molar-refractivity contribution >= 4 is 39.1 Å². The monoisotopic (exact) mass is 392 g/mol. The molecule has 0 spiro atoms. The molecule has 3 rings (SSSR count). The molecule has 21 heavy (non-hydrogen) atoms. The fraction of sp³-hybridized carbons (Fsp3) is 0. The molecule has 0 aliphatic heterocycles. The SMILES string of the molecule is O=[N+]([O-])c1ccc(Oc2ccc(I)cc2)c2ccncc12. The summed E-state index contributed by atoms with van der Waals surface area (Å²) in [6.07, 6.45) is 3.07. The highest BCUT2D eigenvalue weighted by atomic mass is 127. The molecule has 3 aromatic rings. The van der Waals surface area contributed by atoms with Gasteiger partial charge in [-0.1, -0.05) is 0 Å². The third-order valence-electron chi connectivity index (χ3n) is 2.99. The van der Waals surface area contributed by atoms with Crippen LogP contribution in [0.3, 0.4) is 0 Å². The number of pyridine rings is 1. The van der Waals surface area contributed by atoms with Gasteiger partial charge in [0.25, 0.3) is 5.69 Å². The molecular formula is C15H9IN2O3. The lowest BCUT2D eigenvalue weighted by Crippen LogP contribution is -1.92. The smallest absolute Gasteiger partial charge is 0.279 e. The molecule has 0 aliphatic carbocycles. The van der Waals surface area contributed by atoms with Gasteiger partial charge in [0.05, 0.1) is 10.3 Å². The number of benzene rings is 2. The van der Waals surface area contributed by atoms with E-state index < -0.39 is 4.92 Å². The summed E-state index contributed by atoms with van der Waals surface area (Å²) in [5, 5.41) is 12.2. The van der Waals surface area contributed by atoms with E-state index in [1.54, 1.807) is 18.3 Å². The van der Waals surface area contributed by atoms with E-state index in [4.69, 9.17) is 4.74 Å². The van der Waals surface area contributed by atoms with Crippen LogP contribution in [0.1, 0.15) is 0 Å². The first-order chi connectivity index (χ1) is 10.1. The molecule has 0 saturated heterocycles. The van der Waals surface area contributed by atoms with Crippen molar-refractivity contribution in [3.05, 3.63) is 68.5 Å². The highest BCUT2D eigenvalue weighted by molar-refractivity contribution is 14.1. The van der Waals surface area contributed by atoms with E-state index >= 15 is 0 Å². The van der Waals surface area contributed by atoms with Gasteiger partial charge in [-0.05, 0) is 59.0 Å². The van der Waals surface area contributed by atoms with E-state index in [0.717, 1.165) is 3.57 Å². The van der Waals surface area contributed by atoms with Gasteiger partial charge in [-0.2, -0.15) is 0 Å². The maximum Gasteiger partial charge on any atom is 0.279 e. The Bertz CT molecular complexity index is 819. The molecule has 0 bridgehead atoms. The van der Waals surface area contributed by atoms with Gasteiger partial charge in [-0.25, -0.2) is 0 Å². The number of hydrogen-bond donors (Lipinski definition) is 0. The van der Waals surface area contributed by atoms with Gasteiger partial charge in [0.15, 0.2) is 0 Å². The number of nitro groups is 1. The lowest BCUT2D eigenvalue weighted by atomic mass is 10.1. The first-order valence-corrected chi connectivity index (χ1v) is 7.17. The van der Waals surface area contributed by atoms with E-state index in [-0.39, 0.29) is 5.69 Å². The molecule has 104 valence electrons. The lowest BCUT2D eigenvalue weighted by Gasteiger charge is -2.09. The zero-order valence-corrected chi connectivity index (χ0v) is 12.9. The van der Waals surface area contributed by atoms with E-state index in [0.29, 0.717) is 22.3 Å². The van der Waals surface area contributed by atoms with E-state index in [2.05, 4.69) is 27.6 Å². The minimum Gasteiger partial charge on any atom is -0.457 e. The van der Waals surface area contributed by atoms with Crippen LogP contribution in [-0.2, 0) is 0 Å². The van der Waals surface area contributed by atoms with E-state index in [9.17, 15) is 10.1 Å². The Labute approximate surface area is 133 Å². The number of nitro benzene ring substituents is 1. The van der Waals surface area contributed by atoms with Crippen LogP contribution in [0.25, 0.3) is 10.8 Å². The van der Waals surface area contributed by atoms with Gasteiger partial charge in [0, 0.05) is 27.4 Å². The second-order valence-corrected chi connectivity index (χ2v) is 5.56. The molecule has 1 aromatic heterocycles. The number of halogens is 1. The fourth-order valence-corrected chi connectivity index (χ4v) is 2.39. The van der Waals surface area contributed by atoms with Gasteiger partial charge in [0.2, 0.25) is 0 Å². The van der Waals surface area contributed by atoms with Crippen LogP contribution >= 0.6 is 22.6 Å². The standard InChI is InChI=1S/C15H9IN2O3/c16-10-1-3-11(4-2-10)21-15-6-5-14(18(19)20)13-9-17-8-7-12(13)15/h1-9H. The summed E-state index contributed by atoms with van der Waals surface area (Å²) in [6, 6.07) is 12.3. The van der Waals surface area contributed by atoms with Crippen molar-refractivity contribution in [1.82, 2.24) is 4.98 Å². The highest BCUT2D eigenvalue weighted by Gasteiger charge is 2.15. The molecule has 0 unspecified atom stereocenters. The average molecular weight is 392 g/mol. The maximum atomic E-state index is 11.1. The normalized spacial score (nSPS) is 10.5. The van der Waals surface area contributed by atoms with Gasteiger partial charge in [0.1, 0.15) is 11.5 Å². The molecule has 0 atom stereocenters. The summed E-state index contributed by atoms with van der Waals surface area (Å²) in [5.41, 5.74) is 0.0214. The molecule has 6 heteroatoms. The van der Waals surface area contributed by atoms with Gasteiger partial charge < -0.3 is 4.74 Å². The van der Waals surface area contributed by atoms with Gasteiger partial charge in [-0.15, -0.1) is 0 Å². The zero-order chi connectivity index (χ0) is 14.8. The Balaban J connectivity index is 2.09. The predicted octanol–water partition coefficient (Wildman–Crippen LogP) is 4.54. The maximum absolute atomic E-state index is 11.1. The van der Waals surface area contributed by atoms with E-state index in [1.807, 2.05) is 24.3 Å². The second-order valence-electron chi connectivity index (χ2n) is 4.32. The topological polar surface area (TPSA) is 65.3 Å². The molecular weight excluding hydrogens is 383 g/mol. The molecule has 1 heterocycles. The van der Waals surface area contributed by atoms with Crippen molar-refractivity contribution in [3.63, 3.8) is 0 Å². The van der Waals surface area contributed by atoms with Crippen LogP contribution < -0.4 is 4.74 Å². The van der Waals surface area contributed by atoms with Crippen LogP contribution in [0, 0.1) is 13.7 Å². The van der Waals surface area contributed by atoms with Crippen molar-refractivity contribution in [1.29, 1.82) is 0 Å². The molecule has 2 aromatic carbocycles. The number of rotatable bonds is 3. The first kappa shape index (κ1) is 13.7. The summed E-state index contributed by atoms with van der Waals surface area (Å²) >= 11 is 2.21. The second kappa shape index (κ2) is 5.65. The largest absolute Gasteiger partial charge is 0.457 e. The van der Waals surface area contributed by atoms with Crippen molar-refractivity contribution in [3.8, 4) is 11.5 Å². The summed E-state index contributed by atoms with van der Waals surface area (Å²) < 4.78 is 6.94. The van der Waals surface area contributed by atoms with Crippen LogP contribution in [0.15, 0.2) is 54.9 Å². The Morgan fingerprint density at radius 2 is 1.81 bits per heavy atom. The van der Waals surface area contributed by atoms with Crippen molar-refractivity contribution in [2.45, 2.75) is 0 Å². The molecule has 0 amide bonds.